The van der Waals surface area contributed by atoms with E-state index in [4.69, 9.17) is 4.74 Å². The van der Waals surface area contributed by atoms with E-state index in [0.717, 1.165) is 18.5 Å². The van der Waals surface area contributed by atoms with E-state index in [-0.39, 0.29) is 5.82 Å². The summed E-state index contributed by atoms with van der Waals surface area (Å²) >= 11 is 0. The summed E-state index contributed by atoms with van der Waals surface area (Å²) in [6, 6.07) is 5.55. The van der Waals surface area contributed by atoms with Gasteiger partial charge in [-0.2, -0.15) is 0 Å². The van der Waals surface area contributed by atoms with Crippen LogP contribution in [0.5, 0.6) is 0 Å². The molecule has 1 fully saturated rings. The van der Waals surface area contributed by atoms with Crippen molar-refractivity contribution in [2.45, 2.75) is 38.3 Å². The van der Waals surface area contributed by atoms with Crippen LogP contribution in [-0.2, 0) is 17.8 Å². The predicted octanol–water partition coefficient (Wildman–Crippen LogP) is 2.66. The molecule has 94 valence electrons. The Labute approximate surface area is 102 Å². The molecule has 0 bridgehead atoms. The van der Waals surface area contributed by atoms with Gasteiger partial charge in [-0.1, -0.05) is 12.5 Å². The molecule has 1 heterocycles. The molecule has 1 aliphatic heterocycles. The lowest BCUT2D eigenvalue weighted by Gasteiger charge is -2.24. The molecule has 0 aliphatic carbocycles. The number of ether oxygens (including phenoxy) is 1. The number of hydrogen-bond acceptors (Lipinski definition) is 2. The Morgan fingerprint density at radius 2 is 2.24 bits per heavy atom. The van der Waals surface area contributed by atoms with Crippen molar-refractivity contribution in [2.75, 3.05) is 13.7 Å². The quantitative estimate of drug-likeness (QED) is 0.869. The summed E-state index contributed by atoms with van der Waals surface area (Å²) in [6.07, 6.45) is 4.74. The first-order valence-electron chi connectivity index (χ1n) is 6.29. The Kier molecular flexibility index (Phi) is 4.51. The summed E-state index contributed by atoms with van der Waals surface area (Å²) in [4.78, 5) is 0. The largest absolute Gasteiger partial charge is 0.380 e. The monoisotopic (exact) mass is 237 g/mol. The van der Waals surface area contributed by atoms with E-state index in [2.05, 4.69) is 5.32 Å². The number of rotatable bonds is 4. The van der Waals surface area contributed by atoms with Crippen molar-refractivity contribution in [3.63, 3.8) is 0 Å². The van der Waals surface area contributed by atoms with E-state index in [1.807, 2.05) is 6.07 Å². The summed E-state index contributed by atoms with van der Waals surface area (Å²) < 4.78 is 18.3. The van der Waals surface area contributed by atoms with Crippen LogP contribution in [0.3, 0.4) is 0 Å². The van der Waals surface area contributed by atoms with Gasteiger partial charge < -0.3 is 10.1 Å². The van der Waals surface area contributed by atoms with E-state index >= 15 is 0 Å². The van der Waals surface area contributed by atoms with Gasteiger partial charge >= 0.3 is 0 Å². The highest BCUT2D eigenvalue weighted by Crippen LogP contribution is 2.18. The minimum absolute atomic E-state index is 0.183. The van der Waals surface area contributed by atoms with Crippen molar-refractivity contribution >= 4 is 0 Å². The van der Waals surface area contributed by atoms with Gasteiger partial charge in [-0.15, -0.1) is 0 Å². The maximum atomic E-state index is 13.2. The fourth-order valence-corrected chi connectivity index (χ4v) is 2.45. The lowest BCUT2D eigenvalue weighted by molar-refractivity contribution is 0.183. The molecule has 1 aliphatic rings. The molecular formula is C14H20FNO. The van der Waals surface area contributed by atoms with Gasteiger partial charge in [0.25, 0.3) is 0 Å². The lowest BCUT2D eigenvalue weighted by atomic mass is 9.95. The normalized spacial score (nSPS) is 20.5. The van der Waals surface area contributed by atoms with Crippen LogP contribution < -0.4 is 5.32 Å². The van der Waals surface area contributed by atoms with Gasteiger partial charge in [0.15, 0.2) is 0 Å². The highest BCUT2D eigenvalue weighted by atomic mass is 19.1. The van der Waals surface area contributed by atoms with Crippen molar-refractivity contribution < 1.29 is 9.13 Å². The van der Waals surface area contributed by atoms with Crippen LogP contribution in [0.1, 0.15) is 30.4 Å². The van der Waals surface area contributed by atoms with Crippen LogP contribution in [0.4, 0.5) is 4.39 Å². The van der Waals surface area contributed by atoms with E-state index in [9.17, 15) is 4.39 Å². The third-order valence-corrected chi connectivity index (χ3v) is 3.35. The van der Waals surface area contributed by atoms with Crippen LogP contribution >= 0.6 is 0 Å². The summed E-state index contributed by atoms with van der Waals surface area (Å²) in [5, 5.41) is 3.52. The molecule has 2 nitrogen and oxygen atoms in total. The SMILES string of the molecule is COCc1cc(F)ccc1CC1CCCCN1. The molecule has 0 spiro atoms. The standard InChI is InChI=1S/C14H20FNO/c1-17-10-12-8-13(15)6-5-11(12)9-14-4-2-3-7-16-14/h5-6,8,14,16H,2-4,7,9-10H2,1H3. The van der Waals surface area contributed by atoms with E-state index in [1.54, 1.807) is 13.2 Å². The molecule has 1 atom stereocenters. The van der Waals surface area contributed by atoms with Gasteiger partial charge in [0.1, 0.15) is 5.82 Å². The Bertz CT molecular complexity index is 361. The average molecular weight is 237 g/mol. The molecule has 1 aromatic carbocycles. The summed E-state index contributed by atoms with van der Waals surface area (Å²) in [7, 11) is 1.65. The number of hydrogen-bond donors (Lipinski definition) is 1. The topological polar surface area (TPSA) is 21.3 Å². The molecule has 1 saturated heterocycles. The molecule has 17 heavy (non-hydrogen) atoms. The Morgan fingerprint density at radius 1 is 1.35 bits per heavy atom. The fraction of sp³-hybridized carbons (Fsp3) is 0.571. The highest BCUT2D eigenvalue weighted by molar-refractivity contribution is 5.28. The van der Waals surface area contributed by atoms with Crippen LogP contribution in [0.15, 0.2) is 18.2 Å². The number of nitrogens with one attached hydrogen (secondary N) is 1. The molecule has 0 radical (unpaired) electrons. The van der Waals surface area contributed by atoms with Gasteiger partial charge in [0, 0.05) is 13.2 Å². The summed E-state index contributed by atoms with van der Waals surface area (Å²) in [6.45, 7) is 1.59. The van der Waals surface area contributed by atoms with Gasteiger partial charge in [-0.25, -0.2) is 4.39 Å². The Morgan fingerprint density at radius 3 is 2.94 bits per heavy atom. The fourth-order valence-electron chi connectivity index (χ4n) is 2.45. The zero-order valence-corrected chi connectivity index (χ0v) is 10.3. The van der Waals surface area contributed by atoms with Crippen molar-refractivity contribution in [3.05, 3.63) is 35.1 Å². The van der Waals surface area contributed by atoms with Gasteiger partial charge in [-0.05, 0) is 49.1 Å². The second-order valence-electron chi connectivity index (χ2n) is 4.70. The zero-order valence-electron chi connectivity index (χ0n) is 10.3. The van der Waals surface area contributed by atoms with Crippen LogP contribution in [0.2, 0.25) is 0 Å². The molecule has 0 aromatic heterocycles. The maximum absolute atomic E-state index is 13.2. The van der Waals surface area contributed by atoms with Crippen molar-refractivity contribution in [1.29, 1.82) is 0 Å². The number of piperidine rings is 1. The molecular weight excluding hydrogens is 217 g/mol. The molecule has 2 rings (SSSR count). The molecule has 1 N–H and O–H groups in total. The van der Waals surface area contributed by atoms with Crippen LogP contribution in [-0.4, -0.2) is 19.7 Å². The van der Waals surface area contributed by atoms with Crippen LogP contribution in [0, 0.1) is 5.82 Å². The van der Waals surface area contributed by atoms with Gasteiger partial charge in [0.2, 0.25) is 0 Å². The summed E-state index contributed by atoms with van der Waals surface area (Å²) in [5.74, 6) is -0.183. The first kappa shape index (κ1) is 12.5. The maximum Gasteiger partial charge on any atom is 0.123 e. The second kappa shape index (κ2) is 6.12. The molecule has 0 saturated carbocycles. The minimum atomic E-state index is -0.183. The van der Waals surface area contributed by atoms with Crippen molar-refractivity contribution in [2.24, 2.45) is 0 Å². The predicted molar refractivity (Wildman–Crippen MR) is 66.5 cm³/mol. The van der Waals surface area contributed by atoms with Crippen LogP contribution in [0.25, 0.3) is 0 Å². The van der Waals surface area contributed by atoms with Crippen molar-refractivity contribution in [3.8, 4) is 0 Å². The third-order valence-electron chi connectivity index (χ3n) is 3.35. The summed E-state index contributed by atoms with van der Waals surface area (Å²) in [5.41, 5.74) is 2.17. The molecule has 1 unspecified atom stereocenters. The zero-order chi connectivity index (χ0) is 12.1. The number of methoxy groups -OCH3 is 1. The van der Waals surface area contributed by atoms with E-state index in [0.29, 0.717) is 12.6 Å². The van der Waals surface area contributed by atoms with E-state index in [1.165, 1.54) is 30.9 Å². The minimum Gasteiger partial charge on any atom is -0.380 e. The lowest BCUT2D eigenvalue weighted by Crippen LogP contribution is -2.35. The van der Waals surface area contributed by atoms with Gasteiger partial charge in [-0.3, -0.25) is 0 Å². The number of halogens is 1. The molecule has 3 heteroatoms. The first-order chi connectivity index (χ1) is 8.29. The molecule has 1 aromatic rings. The molecule has 0 amide bonds. The Balaban J connectivity index is 2.07. The van der Waals surface area contributed by atoms with Gasteiger partial charge in [0.05, 0.1) is 6.61 Å². The van der Waals surface area contributed by atoms with E-state index < -0.39 is 0 Å². The number of benzene rings is 1. The third kappa shape index (κ3) is 3.51. The highest BCUT2D eigenvalue weighted by Gasteiger charge is 2.15. The van der Waals surface area contributed by atoms with Crippen molar-refractivity contribution in [1.82, 2.24) is 5.32 Å². The first-order valence-corrected chi connectivity index (χ1v) is 6.29. The average Bonchev–Trinajstić information content (AvgIpc) is 2.34. The second-order valence-corrected chi connectivity index (χ2v) is 4.70. The Hall–Kier alpha value is -0.930. The smallest absolute Gasteiger partial charge is 0.123 e.